The second-order valence-electron chi connectivity index (χ2n) is 5.39. The number of nitro groups is 1. The van der Waals surface area contributed by atoms with Crippen LogP contribution in [-0.2, 0) is 11.2 Å². The molecule has 0 radical (unpaired) electrons. The SMILES string of the molecule is CCc1ccc(/C=C2/SC(=S)N(c3ccc([N+](=O)[O-])cc3)C2=O)cc1. The second-order valence-corrected chi connectivity index (χ2v) is 7.06. The summed E-state index contributed by atoms with van der Waals surface area (Å²) < 4.78 is 0.412. The van der Waals surface area contributed by atoms with Crippen molar-refractivity contribution in [3.63, 3.8) is 0 Å². The Morgan fingerprint density at radius 1 is 1.16 bits per heavy atom. The lowest BCUT2D eigenvalue weighted by molar-refractivity contribution is -0.384. The molecule has 1 amide bonds. The van der Waals surface area contributed by atoms with Crippen molar-refractivity contribution in [2.24, 2.45) is 0 Å². The first-order valence-corrected chi connectivity index (χ1v) is 8.83. The normalized spacial score (nSPS) is 15.9. The number of amides is 1. The Morgan fingerprint density at radius 2 is 1.80 bits per heavy atom. The third-order valence-electron chi connectivity index (χ3n) is 3.80. The van der Waals surface area contributed by atoms with Crippen LogP contribution in [0, 0.1) is 10.1 Å². The highest BCUT2D eigenvalue weighted by atomic mass is 32.2. The highest BCUT2D eigenvalue weighted by molar-refractivity contribution is 8.27. The fourth-order valence-corrected chi connectivity index (χ4v) is 3.71. The van der Waals surface area contributed by atoms with Gasteiger partial charge in [0.25, 0.3) is 11.6 Å². The van der Waals surface area contributed by atoms with E-state index in [4.69, 9.17) is 12.2 Å². The van der Waals surface area contributed by atoms with Crippen LogP contribution in [-0.4, -0.2) is 15.2 Å². The van der Waals surface area contributed by atoms with Crippen molar-refractivity contribution in [3.8, 4) is 0 Å². The molecule has 1 aliphatic rings. The van der Waals surface area contributed by atoms with Gasteiger partial charge in [0.2, 0.25) is 0 Å². The number of nitro benzene ring substituents is 1. The van der Waals surface area contributed by atoms with E-state index < -0.39 is 4.92 Å². The first kappa shape index (κ1) is 17.3. The maximum atomic E-state index is 12.7. The summed E-state index contributed by atoms with van der Waals surface area (Å²) in [7, 11) is 0. The Labute approximate surface area is 154 Å². The number of aryl methyl sites for hydroxylation is 1. The smallest absolute Gasteiger partial charge is 0.268 e. The lowest BCUT2D eigenvalue weighted by Crippen LogP contribution is -2.27. The first-order valence-electron chi connectivity index (χ1n) is 7.61. The summed E-state index contributed by atoms with van der Waals surface area (Å²) in [4.78, 5) is 24.9. The van der Waals surface area contributed by atoms with Crippen molar-refractivity contribution in [3.05, 3.63) is 74.7 Å². The molecule has 0 saturated carbocycles. The van der Waals surface area contributed by atoms with Crippen molar-refractivity contribution >= 4 is 51.7 Å². The Balaban J connectivity index is 1.86. The quantitative estimate of drug-likeness (QED) is 0.342. The first-order chi connectivity index (χ1) is 12.0. The molecule has 25 heavy (non-hydrogen) atoms. The largest absolute Gasteiger partial charge is 0.270 e. The Morgan fingerprint density at radius 3 is 2.36 bits per heavy atom. The molecule has 1 heterocycles. The molecule has 3 rings (SSSR count). The van der Waals surface area contributed by atoms with Gasteiger partial charge in [-0.3, -0.25) is 19.8 Å². The van der Waals surface area contributed by atoms with Crippen LogP contribution in [0.25, 0.3) is 6.08 Å². The van der Waals surface area contributed by atoms with E-state index in [0.717, 1.165) is 12.0 Å². The number of rotatable bonds is 4. The van der Waals surface area contributed by atoms with Crippen LogP contribution in [0.1, 0.15) is 18.1 Å². The topological polar surface area (TPSA) is 63.4 Å². The summed E-state index contributed by atoms with van der Waals surface area (Å²) in [5.41, 5.74) is 2.66. The monoisotopic (exact) mass is 370 g/mol. The number of carbonyl (C=O) groups is 1. The summed E-state index contributed by atoms with van der Waals surface area (Å²) >= 11 is 6.54. The molecule has 1 saturated heterocycles. The van der Waals surface area contributed by atoms with Crippen LogP contribution in [0.4, 0.5) is 11.4 Å². The van der Waals surface area contributed by atoms with Crippen molar-refractivity contribution in [1.29, 1.82) is 0 Å². The van der Waals surface area contributed by atoms with Crippen LogP contribution in [0.5, 0.6) is 0 Å². The van der Waals surface area contributed by atoms with Gasteiger partial charge in [0.15, 0.2) is 4.32 Å². The number of nitrogens with zero attached hydrogens (tertiary/aromatic N) is 2. The van der Waals surface area contributed by atoms with E-state index in [1.807, 2.05) is 30.3 Å². The lowest BCUT2D eigenvalue weighted by Gasteiger charge is -2.13. The van der Waals surface area contributed by atoms with Gasteiger partial charge in [0, 0.05) is 12.1 Å². The zero-order chi connectivity index (χ0) is 18.0. The molecule has 0 atom stereocenters. The number of hydrogen-bond donors (Lipinski definition) is 0. The number of hydrogen-bond acceptors (Lipinski definition) is 5. The van der Waals surface area contributed by atoms with Crippen LogP contribution < -0.4 is 4.90 Å². The minimum atomic E-state index is -0.478. The second kappa shape index (κ2) is 7.16. The van der Waals surface area contributed by atoms with Crippen LogP contribution in [0.2, 0.25) is 0 Å². The molecule has 5 nitrogen and oxygen atoms in total. The van der Waals surface area contributed by atoms with E-state index in [1.165, 1.54) is 46.5 Å². The van der Waals surface area contributed by atoms with Crippen molar-refractivity contribution < 1.29 is 9.72 Å². The van der Waals surface area contributed by atoms with Gasteiger partial charge >= 0.3 is 0 Å². The molecular weight excluding hydrogens is 356 g/mol. The van der Waals surface area contributed by atoms with Crippen LogP contribution in [0.15, 0.2) is 53.4 Å². The minimum absolute atomic E-state index is 0.0271. The molecule has 0 N–H and O–H groups in total. The van der Waals surface area contributed by atoms with Gasteiger partial charge in [-0.1, -0.05) is 55.2 Å². The number of benzene rings is 2. The fourth-order valence-electron chi connectivity index (χ4n) is 2.41. The average Bonchev–Trinajstić information content (AvgIpc) is 2.89. The fraction of sp³-hybridized carbons (Fsp3) is 0.111. The van der Waals surface area contributed by atoms with Gasteiger partial charge in [0.05, 0.1) is 15.5 Å². The van der Waals surface area contributed by atoms with Gasteiger partial charge in [-0.05, 0) is 35.8 Å². The zero-order valence-corrected chi connectivity index (χ0v) is 15.0. The van der Waals surface area contributed by atoms with E-state index in [9.17, 15) is 14.9 Å². The maximum absolute atomic E-state index is 12.7. The van der Waals surface area contributed by atoms with Crippen molar-refractivity contribution in [1.82, 2.24) is 0 Å². The van der Waals surface area contributed by atoms with E-state index in [2.05, 4.69) is 6.92 Å². The minimum Gasteiger partial charge on any atom is -0.268 e. The Hall–Kier alpha value is -2.51. The molecule has 0 aromatic heterocycles. The molecule has 0 aliphatic carbocycles. The molecule has 2 aromatic carbocycles. The molecule has 0 bridgehead atoms. The van der Waals surface area contributed by atoms with Gasteiger partial charge in [-0.25, -0.2) is 0 Å². The van der Waals surface area contributed by atoms with Crippen LogP contribution >= 0.6 is 24.0 Å². The van der Waals surface area contributed by atoms with Gasteiger partial charge < -0.3 is 0 Å². The third kappa shape index (κ3) is 3.62. The summed E-state index contributed by atoms with van der Waals surface area (Å²) in [6, 6.07) is 13.8. The summed E-state index contributed by atoms with van der Waals surface area (Å²) in [6.07, 6.45) is 2.77. The molecule has 1 fully saturated rings. The van der Waals surface area contributed by atoms with Gasteiger partial charge in [0.1, 0.15) is 0 Å². The van der Waals surface area contributed by atoms with E-state index >= 15 is 0 Å². The Kier molecular flexibility index (Phi) is 4.96. The number of thioether (sulfide) groups is 1. The van der Waals surface area contributed by atoms with Crippen molar-refractivity contribution in [2.45, 2.75) is 13.3 Å². The lowest BCUT2D eigenvalue weighted by atomic mass is 10.1. The molecule has 1 aliphatic heterocycles. The summed E-state index contributed by atoms with van der Waals surface area (Å²) in [5, 5.41) is 10.7. The number of non-ortho nitro benzene ring substituents is 1. The van der Waals surface area contributed by atoms with Crippen LogP contribution in [0.3, 0.4) is 0 Å². The molecule has 7 heteroatoms. The number of anilines is 1. The molecule has 0 unspecified atom stereocenters. The molecule has 126 valence electrons. The predicted octanol–water partition coefficient (Wildman–Crippen LogP) is 4.56. The standard InChI is InChI=1S/C18H14N2O3S2/c1-2-12-3-5-13(6-4-12)11-16-17(21)19(18(24)25-16)14-7-9-15(10-8-14)20(22)23/h3-11H,2H2,1H3/b16-11+. The maximum Gasteiger partial charge on any atom is 0.270 e. The summed E-state index contributed by atoms with van der Waals surface area (Å²) in [6.45, 7) is 2.09. The number of carbonyl (C=O) groups excluding carboxylic acids is 1. The third-order valence-corrected chi connectivity index (χ3v) is 5.10. The highest BCUT2D eigenvalue weighted by Crippen LogP contribution is 2.36. The van der Waals surface area contributed by atoms with E-state index in [1.54, 1.807) is 0 Å². The number of thiocarbonyl (C=S) groups is 1. The summed E-state index contributed by atoms with van der Waals surface area (Å²) in [5.74, 6) is -0.219. The molecule has 0 spiro atoms. The van der Waals surface area contributed by atoms with E-state index in [0.29, 0.717) is 14.9 Å². The average molecular weight is 370 g/mol. The van der Waals surface area contributed by atoms with E-state index in [-0.39, 0.29) is 11.6 Å². The Bertz CT molecular complexity index is 874. The highest BCUT2D eigenvalue weighted by Gasteiger charge is 2.33. The van der Waals surface area contributed by atoms with Crippen molar-refractivity contribution in [2.75, 3.05) is 4.90 Å². The van der Waals surface area contributed by atoms with Gasteiger partial charge in [-0.15, -0.1) is 0 Å². The molecule has 2 aromatic rings. The van der Waals surface area contributed by atoms with Gasteiger partial charge in [-0.2, -0.15) is 0 Å². The zero-order valence-electron chi connectivity index (χ0n) is 13.3. The molecular formula is C18H14N2O3S2. The predicted molar refractivity (Wildman–Crippen MR) is 105 cm³/mol.